The number of thiazole rings is 1. The molecule has 0 radical (unpaired) electrons. The van der Waals surface area contributed by atoms with Crippen molar-refractivity contribution in [2.75, 3.05) is 50.1 Å². The summed E-state index contributed by atoms with van der Waals surface area (Å²) < 4.78 is 0. The van der Waals surface area contributed by atoms with E-state index in [0.29, 0.717) is 0 Å². The van der Waals surface area contributed by atoms with Crippen molar-refractivity contribution in [3.8, 4) is 10.6 Å². The summed E-state index contributed by atoms with van der Waals surface area (Å²) in [5.41, 5.74) is 3.24. The Kier molecular flexibility index (Phi) is 5.99. The van der Waals surface area contributed by atoms with Crippen molar-refractivity contribution >= 4 is 34.7 Å². The summed E-state index contributed by atoms with van der Waals surface area (Å²) in [6.45, 7) is 6.80. The van der Waals surface area contributed by atoms with Gasteiger partial charge in [0.05, 0.1) is 5.69 Å². The molecule has 1 aliphatic rings. The SMILES string of the molecule is Cc1cc(N2CCN(Cc3csc(-c4ccc(Cl)cc4)n3)CC2)nc(N(C)C)n1. The van der Waals surface area contributed by atoms with Crippen LogP contribution in [-0.4, -0.2) is 60.1 Å². The second kappa shape index (κ2) is 8.65. The van der Waals surface area contributed by atoms with E-state index in [0.717, 1.165) is 71.5 Å². The lowest BCUT2D eigenvalue weighted by Gasteiger charge is -2.35. The minimum absolute atomic E-state index is 0.750. The van der Waals surface area contributed by atoms with Gasteiger partial charge in [-0.25, -0.2) is 9.97 Å². The summed E-state index contributed by atoms with van der Waals surface area (Å²) >= 11 is 7.67. The molecule has 29 heavy (non-hydrogen) atoms. The van der Waals surface area contributed by atoms with Crippen molar-refractivity contribution in [1.82, 2.24) is 19.9 Å². The maximum Gasteiger partial charge on any atom is 0.226 e. The molecule has 0 amide bonds. The normalized spacial score (nSPS) is 15.0. The molecule has 8 heteroatoms. The van der Waals surface area contributed by atoms with E-state index in [1.165, 1.54) is 0 Å². The average Bonchev–Trinajstić information content (AvgIpc) is 3.17. The van der Waals surface area contributed by atoms with Crippen LogP contribution in [0.5, 0.6) is 0 Å². The zero-order valence-electron chi connectivity index (χ0n) is 17.0. The van der Waals surface area contributed by atoms with Gasteiger partial charge < -0.3 is 9.80 Å². The van der Waals surface area contributed by atoms with E-state index in [4.69, 9.17) is 21.6 Å². The van der Waals surface area contributed by atoms with Gasteiger partial charge in [0.25, 0.3) is 0 Å². The molecule has 0 aliphatic carbocycles. The number of hydrogen-bond acceptors (Lipinski definition) is 7. The van der Waals surface area contributed by atoms with Gasteiger partial charge in [0.1, 0.15) is 10.8 Å². The quantitative estimate of drug-likeness (QED) is 0.613. The van der Waals surface area contributed by atoms with E-state index in [-0.39, 0.29) is 0 Å². The van der Waals surface area contributed by atoms with Crippen LogP contribution >= 0.6 is 22.9 Å². The molecule has 3 aromatic rings. The molecular formula is C21H25ClN6S. The highest BCUT2D eigenvalue weighted by atomic mass is 35.5. The van der Waals surface area contributed by atoms with E-state index in [2.05, 4.69) is 26.2 Å². The molecule has 4 rings (SSSR count). The van der Waals surface area contributed by atoms with Gasteiger partial charge in [-0.2, -0.15) is 4.98 Å². The Labute approximate surface area is 180 Å². The maximum absolute atomic E-state index is 5.98. The molecule has 1 aromatic carbocycles. The lowest BCUT2D eigenvalue weighted by atomic mass is 10.2. The lowest BCUT2D eigenvalue weighted by molar-refractivity contribution is 0.247. The van der Waals surface area contributed by atoms with Crippen LogP contribution in [0.25, 0.3) is 10.6 Å². The first-order valence-corrected chi connectivity index (χ1v) is 10.9. The fourth-order valence-electron chi connectivity index (χ4n) is 3.37. The number of hydrogen-bond donors (Lipinski definition) is 0. The van der Waals surface area contributed by atoms with Gasteiger partial charge in [-0.1, -0.05) is 23.7 Å². The summed E-state index contributed by atoms with van der Waals surface area (Å²) in [6, 6.07) is 9.94. The zero-order chi connectivity index (χ0) is 20.4. The second-order valence-corrected chi connectivity index (χ2v) is 8.77. The van der Waals surface area contributed by atoms with Crippen LogP contribution in [-0.2, 0) is 6.54 Å². The summed E-state index contributed by atoms with van der Waals surface area (Å²) in [7, 11) is 3.95. The van der Waals surface area contributed by atoms with Crippen molar-refractivity contribution in [2.45, 2.75) is 13.5 Å². The molecule has 6 nitrogen and oxygen atoms in total. The number of piperazine rings is 1. The number of anilines is 2. The van der Waals surface area contributed by atoms with Crippen molar-refractivity contribution in [3.63, 3.8) is 0 Å². The maximum atomic E-state index is 5.98. The molecule has 0 unspecified atom stereocenters. The summed E-state index contributed by atoms with van der Waals surface area (Å²) in [4.78, 5) is 20.8. The topological polar surface area (TPSA) is 48.4 Å². The predicted octanol–water partition coefficient (Wildman–Crippen LogP) is 3.95. The van der Waals surface area contributed by atoms with Crippen LogP contribution in [0, 0.1) is 6.92 Å². The Bertz CT molecular complexity index is 964. The van der Waals surface area contributed by atoms with Crippen LogP contribution in [0.2, 0.25) is 5.02 Å². The molecule has 0 saturated carbocycles. The van der Waals surface area contributed by atoms with Crippen LogP contribution in [0.15, 0.2) is 35.7 Å². The monoisotopic (exact) mass is 428 g/mol. The molecule has 0 atom stereocenters. The van der Waals surface area contributed by atoms with Crippen molar-refractivity contribution in [1.29, 1.82) is 0 Å². The van der Waals surface area contributed by atoms with Gasteiger partial charge in [-0.15, -0.1) is 11.3 Å². The highest BCUT2D eigenvalue weighted by Crippen LogP contribution is 2.26. The van der Waals surface area contributed by atoms with Gasteiger partial charge in [-0.05, 0) is 19.1 Å². The molecule has 3 heterocycles. The summed E-state index contributed by atoms with van der Waals surface area (Å²) in [5.74, 6) is 1.78. The standard InChI is InChI=1S/C21H25ClN6S/c1-15-12-19(25-21(23-15)26(2)3)28-10-8-27(9-11-28)13-18-14-29-20(24-18)16-4-6-17(22)7-5-16/h4-7,12,14H,8-11,13H2,1-3H3. The van der Waals surface area contributed by atoms with Gasteiger partial charge >= 0.3 is 0 Å². The molecule has 1 aliphatic heterocycles. The minimum Gasteiger partial charge on any atom is -0.354 e. The second-order valence-electron chi connectivity index (χ2n) is 7.48. The van der Waals surface area contributed by atoms with E-state index >= 15 is 0 Å². The lowest BCUT2D eigenvalue weighted by Crippen LogP contribution is -2.46. The largest absolute Gasteiger partial charge is 0.354 e. The fourth-order valence-corrected chi connectivity index (χ4v) is 4.31. The Balaban J connectivity index is 1.36. The van der Waals surface area contributed by atoms with Crippen LogP contribution < -0.4 is 9.80 Å². The predicted molar refractivity (Wildman–Crippen MR) is 121 cm³/mol. The third-order valence-corrected chi connectivity index (χ3v) is 6.15. The molecular weight excluding hydrogens is 404 g/mol. The van der Waals surface area contributed by atoms with Gasteiger partial charge in [0, 0.05) is 74.5 Å². The molecule has 152 valence electrons. The molecule has 0 N–H and O–H groups in total. The van der Waals surface area contributed by atoms with Crippen LogP contribution in [0.1, 0.15) is 11.4 Å². The Morgan fingerprint density at radius 3 is 2.45 bits per heavy atom. The fraction of sp³-hybridized carbons (Fsp3) is 0.381. The van der Waals surface area contributed by atoms with Gasteiger partial charge in [0.2, 0.25) is 5.95 Å². The van der Waals surface area contributed by atoms with Gasteiger partial charge in [0.15, 0.2) is 0 Å². The van der Waals surface area contributed by atoms with E-state index in [9.17, 15) is 0 Å². The molecule has 1 saturated heterocycles. The van der Waals surface area contributed by atoms with Crippen LogP contribution in [0.3, 0.4) is 0 Å². The third kappa shape index (κ3) is 4.86. The molecule has 1 fully saturated rings. The summed E-state index contributed by atoms with van der Waals surface area (Å²) in [5, 5.41) is 3.95. The van der Waals surface area contributed by atoms with E-state index < -0.39 is 0 Å². The van der Waals surface area contributed by atoms with Gasteiger partial charge in [-0.3, -0.25) is 4.90 Å². The van der Waals surface area contributed by atoms with E-state index in [1.807, 2.05) is 50.2 Å². The number of aryl methyl sites for hydroxylation is 1. The Morgan fingerprint density at radius 1 is 1.03 bits per heavy atom. The smallest absolute Gasteiger partial charge is 0.226 e. The molecule has 2 aromatic heterocycles. The molecule has 0 spiro atoms. The highest BCUT2D eigenvalue weighted by molar-refractivity contribution is 7.13. The third-order valence-electron chi connectivity index (χ3n) is 4.95. The first-order chi connectivity index (χ1) is 14.0. The number of benzene rings is 1. The zero-order valence-corrected chi connectivity index (χ0v) is 18.5. The molecule has 0 bridgehead atoms. The van der Waals surface area contributed by atoms with Crippen molar-refractivity contribution in [3.05, 3.63) is 52.1 Å². The Hall–Kier alpha value is -2.22. The highest BCUT2D eigenvalue weighted by Gasteiger charge is 2.20. The minimum atomic E-state index is 0.750. The van der Waals surface area contributed by atoms with Crippen molar-refractivity contribution in [2.24, 2.45) is 0 Å². The van der Waals surface area contributed by atoms with Crippen molar-refractivity contribution < 1.29 is 0 Å². The Morgan fingerprint density at radius 2 is 1.76 bits per heavy atom. The average molecular weight is 429 g/mol. The first kappa shape index (κ1) is 20.1. The van der Waals surface area contributed by atoms with E-state index in [1.54, 1.807) is 11.3 Å². The first-order valence-electron chi connectivity index (χ1n) is 9.68. The number of aromatic nitrogens is 3. The van der Waals surface area contributed by atoms with Crippen LogP contribution in [0.4, 0.5) is 11.8 Å². The number of halogens is 1. The number of rotatable bonds is 5. The summed E-state index contributed by atoms with van der Waals surface area (Å²) in [6.07, 6.45) is 0. The number of nitrogens with zero attached hydrogens (tertiary/aromatic N) is 6.